The minimum atomic E-state index is -4.64. The van der Waals surface area contributed by atoms with E-state index in [0.717, 1.165) is 36.4 Å². The molecule has 0 radical (unpaired) electrons. The molecule has 0 bridgehead atoms. The van der Waals surface area contributed by atoms with Crippen LogP contribution in [0.15, 0.2) is 53.4 Å². The van der Waals surface area contributed by atoms with Gasteiger partial charge in [-0.25, -0.2) is 12.8 Å². The summed E-state index contributed by atoms with van der Waals surface area (Å²) in [6.45, 7) is 8.56. The molecule has 0 saturated carbocycles. The number of benzene rings is 3. The zero-order valence-corrected chi connectivity index (χ0v) is 28.4. The van der Waals surface area contributed by atoms with Crippen molar-refractivity contribution in [3.8, 4) is 17.2 Å². The summed E-state index contributed by atoms with van der Waals surface area (Å²) in [6.07, 6.45) is -5.06. The number of anilines is 1. The van der Waals surface area contributed by atoms with E-state index < -0.39 is 68.0 Å². The third-order valence-corrected chi connectivity index (χ3v) is 7.79. The lowest BCUT2D eigenvalue weighted by Gasteiger charge is -2.21. The zero-order chi connectivity index (χ0) is 35.5. The molecule has 0 unspecified atom stereocenters. The summed E-state index contributed by atoms with van der Waals surface area (Å²) in [6, 6.07) is 8.60. The molecule has 2 N–H and O–H groups in total. The van der Waals surface area contributed by atoms with Crippen molar-refractivity contribution in [2.24, 2.45) is 0 Å². The number of ether oxygens (including phenoxy) is 3. The zero-order valence-electron chi connectivity index (χ0n) is 26.1. The molecule has 0 aliphatic carbocycles. The van der Waals surface area contributed by atoms with Crippen molar-refractivity contribution in [3.05, 3.63) is 75.5 Å². The predicted molar refractivity (Wildman–Crippen MR) is 169 cm³/mol. The van der Waals surface area contributed by atoms with Crippen molar-refractivity contribution in [1.29, 1.82) is 0 Å². The van der Waals surface area contributed by atoms with Crippen molar-refractivity contribution in [3.63, 3.8) is 0 Å². The van der Waals surface area contributed by atoms with Crippen molar-refractivity contribution in [2.45, 2.75) is 70.2 Å². The van der Waals surface area contributed by atoms with Gasteiger partial charge in [0.15, 0.2) is 12.4 Å². The molecule has 0 saturated heterocycles. The van der Waals surface area contributed by atoms with Crippen LogP contribution in [-0.2, 0) is 26.0 Å². The Morgan fingerprint density at radius 2 is 1.53 bits per heavy atom. The van der Waals surface area contributed by atoms with E-state index in [1.54, 1.807) is 41.5 Å². The number of rotatable bonds is 10. The first-order chi connectivity index (χ1) is 21.4. The fourth-order valence-corrected chi connectivity index (χ4v) is 5.66. The molecule has 0 heterocycles. The van der Waals surface area contributed by atoms with E-state index in [4.69, 9.17) is 32.7 Å². The number of nitrogens with one attached hydrogen (secondary N) is 2. The van der Waals surface area contributed by atoms with Gasteiger partial charge < -0.3 is 19.5 Å². The Hall–Kier alpha value is -3.75. The summed E-state index contributed by atoms with van der Waals surface area (Å²) in [7, 11) is -4.58. The molecule has 0 aliphatic heterocycles. The number of alkyl halides is 3. The Bertz CT molecular complexity index is 1770. The van der Waals surface area contributed by atoms with E-state index >= 15 is 4.39 Å². The molecule has 0 atom stereocenters. The van der Waals surface area contributed by atoms with Gasteiger partial charge >= 0.3 is 12.1 Å². The first-order valence-corrected chi connectivity index (χ1v) is 16.0. The summed E-state index contributed by atoms with van der Waals surface area (Å²) in [5.74, 6) is -2.93. The second-order valence-electron chi connectivity index (χ2n) is 12.3. The average molecular weight is 724 g/mol. The van der Waals surface area contributed by atoms with Gasteiger partial charge in [-0.1, -0.05) is 23.2 Å². The molecule has 3 rings (SSSR count). The van der Waals surface area contributed by atoms with Gasteiger partial charge in [-0.3, -0.25) is 14.3 Å². The van der Waals surface area contributed by atoms with Crippen LogP contribution in [0.4, 0.5) is 23.2 Å². The molecular weight excluding hydrogens is 691 g/mol. The van der Waals surface area contributed by atoms with E-state index in [-0.39, 0.29) is 39.1 Å². The molecule has 47 heavy (non-hydrogen) atoms. The van der Waals surface area contributed by atoms with E-state index in [9.17, 15) is 31.2 Å². The minimum Gasteiger partial charge on any atom is -0.484 e. The molecule has 256 valence electrons. The van der Waals surface area contributed by atoms with E-state index in [0.29, 0.717) is 0 Å². The van der Waals surface area contributed by atoms with Crippen molar-refractivity contribution >= 4 is 50.8 Å². The van der Waals surface area contributed by atoms with Crippen molar-refractivity contribution in [2.75, 3.05) is 11.3 Å². The summed E-state index contributed by atoms with van der Waals surface area (Å²) in [4.78, 5) is 24.6. The fraction of sp³-hybridized carbons (Fsp3) is 0.355. The lowest BCUT2D eigenvalue weighted by Crippen LogP contribution is -2.40. The molecule has 0 fully saturated rings. The number of halogens is 6. The first-order valence-electron chi connectivity index (χ1n) is 13.8. The maximum atomic E-state index is 15.0. The van der Waals surface area contributed by atoms with Crippen LogP contribution >= 0.6 is 23.2 Å². The number of hydrogen-bond donors (Lipinski definition) is 2. The maximum Gasteiger partial charge on any atom is 0.422 e. The third kappa shape index (κ3) is 11.5. The van der Waals surface area contributed by atoms with Crippen LogP contribution in [0.5, 0.6) is 17.2 Å². The number of esters is 1. The van der Waals surface area contributed by atoms with Crippen LogP contribution < -0.4 is 19.5 Å². The largest absolute Gasteiger partial charge is 0.484 e. The molecule has 3 aromatic carbocycles. The molecule has 0 spiro atoms. The highest BCUT2D eigenvalue weighted by molar-refractivity contribution is 7.92. The minimum absolute atomic E-state index is 0.0111. The van der Waals surface area contributed by atoms with Gasteiger partial charge in [0.25, 0.3) is 15.9 Å². The maximum absolute atomic E-state index is 15.0. The van der Waals surface area contributed by atoms with Crippen LogP contribution in [0, 0.1) is 5.82 Å². The van der Waals surface area contributed by atoms with Gasteiger partial charge in [-0.05, 0) is 77.9 Å². The normalized spacial score (nSPS) is 12.3. The second-order valence-corrected chi connectivity index (χ2v) is 14.7. The molecule has 1 amide bonds. The number of carbonyl (C=O) groups is 2. The van der Waals surface area contributed by atoms with Gasteiger partial charge in [0.1, 0.15) is 27.8 Å². The number of amides is 1. The first kappa shape index (κ1) is 37.7. The van der Waals surface area contributed by atoms with Crippen LogP contribution in [0.1, 0.15) is 57.5 Å². The van der Waals surface area contributed by atoms with Crippen LogP contribution in [0.3, 0.4) is 0 Å². The molecular formula is C31H32Cl2F4N2O7S. The SMILES string of the molecule is CC(C)(C)NC(=O)c1ccc(Oc2cc(F)c(CC(=O)OC(C)(C)C)cc2Cl)c(NS(=O)(=O)c2ccc(OCC(F)(F)F)cc2Cl)c1. The molecule has 3 aromatic rings. The summed E-state index contributed by atoms with van der Waals surface area (Å²) in [5.41, 5.74) is -1.82. The monoisotopic (exact) mass is 722 g/mol. The third-order valence-electron chi connectivity index (χ3n) is 5.65. The smallest absolute Gasteiger partial charge is 0.422 e. The second kappa shape index (κ2) is 14.2. The van der Waals surface area contributed by atoms with Gasteiger partial charge in [0.2, 0.25) is 0 Å². The Morgan fingerprint density at radius 3 is 2.11 bits per heavy atom. The summed E-state index contributed by atoms with van der Waals surface area (Å²) < 4.78 is 97.4. The van der Waals surface area contributed by atoms with Crippen LogP contribution in [0.25, 0.3) is 0 Å². The van der Waals surface area contributed by atoms with Gasteiger partial charge in [0, 0.05) is 28.8 Å². The average Bonchev–Trinajstić information content (AvgIpc) is 2.88. The highest BCUT2D eigenvalue weighted by Crippen LogP contribution is 2.38. The summed E-state index contributed by atoms with van der Waals surface area (Å²) >= 11 is 12.5. The predicted octanol–water partition coefficient (Wildman–Crippen LogP) is 8.08. The van der Waals surface area contributed by atoms with E-state index in [1.165, 1.54) is 12.1 Å². The van der Waals surface area contributed by atoms with Crippen LogP contribution in [0.2, 0.25) is 10.0 Å². The molecule has 0 aromatic heterocycles. The molecule has 0 aliphatic rings. The Morgan fingerprint density at radius 1 is 0.872 bits per heavy atom. The van der Waals surface area contributed by atoms with Gasteiger partial charge in [-0.2, -0.15) is 13.2 Å². The highest BCUT2D eigenvalue weighted by Gasteiger charge is 2.29. The Kier molecular flexibility index (Phi) is 11.4. The number of sulfonamides is 1. The van der Waals surface area contributed by atoms with Crippen molar-refractivity contribution in [1.82, 2.24) is 5.32 Å². The lowest BCUT2D eigenvalue weighted by molar-refractivity contribution is -0.154. The van der Waals surface area contributed by atoms with E-state index in [2.05, 4.69) is 14.8 Å². The fourth-order valence-electron chi connectivity index (χ4n) is 3.84. The summed E-state index contributed by atoms with van der Waals surface area (Å²) in [5, 5.41) is 2.14. The molecule has 16 heteroatoms. The standard InChI is InChI=1S/C31H32Cl2F4N2O7S/c1-29(2,3)38-28(41)17-7-9-24(45-25-15-22(34)18(11-20(25)32)13-27(40)46-30(4,5)6)23(12-17)39-47(42,43)26-10-8-19(14-21(26)33)44-16-31(35,36)37/h7-12,14-15,39H,13,16H2,1-6H3,(H,38,41). The highest BCUT2D eigenvalue weighted by atomic mass is 35.5. The van der Waals surface area contributed by atoms with E-state index in [1.807, 2.05) is 0 Å². The number of carbonyl (C=O) groups excluding carboxylic acids is 2. The molecule has 9 nitrogen and oxygen atoms in total. The van der Waals surface area contributed by atoms with Crippen LogP contribution in [-0.4, -0.2) is 44.2 Å². The Balaban J connectivity index is 2.00. The Labute approximate surface area is 279 Å². The quantitative estimate of drug-likeness (QED) is 0.160. The topological polar surface area (TPSA) is 120 Å². The number of hydrogen-bond acceptors (Lipinski definition) is 7. The van der Waals surface area contributed by atoms with Crippen molar-refractivity contribution < 1.29 is 49.8 Å². The van der Waals surface area contributed by atoms with Gasteiger partial charge in [0.05, 0.1) is 22.2 Å². The van der Waals surface area contributed by atoms with Gasteiger partial charge in [-0.15, -0.1) is 0 Å². The lowest BCUT2D eigenvalue weighted by atomic mass is 10.1.